The predicted octanol–water partition coefficient (Wildman–Crippen LogP) is 3.05. The van der Waals surface area contributed by atoms with Gasteiger partial charge in [0.2, 0.25) is 0 Å². The number of nitrogens with one attached hydrogen (secondary N) is 1. The van der Waals surface area contributed by atoms with Crippen molar-refractivity contribution >= 4 is 45.2 Å². The largest absolute Gasteiger partial charge is 0.466 e. The van der Waals surface area contributed by atoms with Crippen molar-refractivity contribution < 1.29 is 19.1 Å². The monoisotopic (exact) mass is 361 g/mol. The van der Waals surface area contributed by atoms with E-state index in [1.54, 1.807) is 12.1 Å². The number of rotatable bonds is 4. The fraction of sp³-hybridized carbons (Fsp3) is 0.231. The van der Waals surface area contributed by atoms with E-state index in [-0.39, 0.29) is 5.70 Å². The topological polar surface area (TPSA) is 64.6 Å². The van der Waals surface area contributed by atoms with Gasteiger partial charge in [-0.2, -0.15) is 0 Å². The molecule has 0 saturated heterocycles. The Balaban J connectivity index is 3.10. The fourth-order valence-electron chi connectivity index (χ4n) is 1.39. The van der Waals surface area contributed by atoms with E-state index in [1.807, 2.05) is 6.92 Å². The minimum absolute atomic E-state index is 0.0443. The lowest BCUT2D eigenvalue weighted by atomic mass is 10.2. The number of benzene rings is 1. The van der Waals surface area contributed by atoms with Crippen molar-refractivity contribution in [2.75, 3.05) is 19.5 Å². The van der Waals surface area contributed by atoms with Crippen molar-refractivity contribution in [1.29, 1.82) is 0 Å². The molecule has 0 spiro atoms. The van der Waals surface area contributed by atoms with E-state index in [4.69, 9.17) is 11.6 Å². The number of aryl methyl sites for hydroxylation is 1. The summed E-state index contributed by atoms with van der Waals surface area (Å²) in [6.45, 7) is 1.85. The van der Waals surface area contributed by atoms with Crippen molar-refractivity contribution in [3.8, 4) is 0 Å². The zero-order valence-corrected chi connectivity index (χ0v) is 13.5. The van der Waals surface area contributed by atoms with Gasteiger partial charge in [0.25, 0.3) is 0 Å². The van der Waals surface area contributed by atoms with Gasteiger partial charge in [0.05, 0.1) is 25.3 Å². The lowest BCUT2D eigenvalue weighted by Crippen LogP contribution is -2.15. The van der Waals surface area contributed by atoms with E-state index in [1.165, 1.54) is 14.2 Å². The van der Waals surface area contributed by atoms with Crippen LogP contribution in [-0.4, -0.2) is 26.2 Å². The summed E-state index contributed by atoms with van der Waals surface area (Å²) in [6.07, 6.45) is 1.01. The third-order valence-electron chi connectivity index (χ3n) is 2.36. The molecule has 0 aliphatic carbocycles. The quantitative estimate of drug-likeness (QED) is 0.659. The second-order valence-corrected chi connectivity index (χ2v) is 4.99. The van der Waals surface area contributed by atoms with Crippen LogP contribution in [-0.2, 0) is 19.1 Å². The van der Waals surface area contributed by atoms with Crippen LogP contribution in [0.15, 0.2) is 28.4 Å². The average Bonchev–Trinajstić information content (AvgIpc) is 2.42. The summed E-state index contributed by atoms with van der Waals surface area (Å²) >= 11 is 9.37. The molecule has 0 atom stereocenters. The van der Waals surface area contributed by atoms with Crippen LogP contribution in [0.5, 0.6) is 0 Å². The average molecular weight is 363 g/mol. The molecule has 20 heavy (non-hydrogen) atoms. The molecule has 1 aromatic rings. The highest BCUT2D eigenvalue weighted by Gasteiger charge is 2.14. The molecule has 1 N–H and O–H groups in total. The van der Waals surface area contributed by atoms with Gasteiger partial charge in [0.15, 0.2) is 0 Å². The minimum Gasteiger partial charge on any atom is -0.466 e. The summed E-state index contributed by atoms with van der Waals surface area (Å²) in [5.41, 5.74) is 1.38. The Labute approximate surface area is 130 Å². The van der Waals surface area contributed by atoms with Gasteiger partial charge in [-0.05, 0) is 40.5 Å². The van der Waals surface area contributed by atoms with Crippen molar-refractivity contribution in [3.05, 3.63) is 39.0 Å². The van der Waals surface area contributed by atoms with Crippen molar-refractivity contribution in [2.24, 2.45) is 0 Å². The molecular weight excluding hydrogens is 350 g/mol. The number of carbonyl (C=O) groups excluding carboxylic acids is 2. The lowest BCUT2D eigenvalue weighted by Gasteiger charge is -2.11. The normalized spacial score (nSPS) is 10.9. The Hall–Kier alpha value is -1.53. The van der Waals surface area contributed by atoms with E-state index >= 15 is 0 Å². The molecule has 0 fully saturated rings. The van der Waals surface area contributed by atoms with Crippen LogP contribution in [0.2, 0.25) is 5.02 Å². The molecule has 1 aromatic carbocycles. The summed E-state index contributed by atoms with van der Waals surface area (Å²) in [4.78, 5) is 22.8. The van der Waals surface area contributed by atoms with E-state index in [2.05, 4.69) is 30.7 Å². The zero-order valence-electron chi connectivity index (χ0n) is 11.1. The third kappa shape index (κ3) is 4.25. The Morgan fingerprint density at radius 3 is 2.45 bits per heavy atom. The van der Waals surface area contributed by atoms with Gasteiger partial charge in [0.1, 0.15) is 5.70 Å². The summed E-state index contributed by atoms with van der Waals surface area (Å²) in [7, 11) is 2.43. The highest BCUT2D eigenvalue weighted by Crippen LogP contribution is 2.30. The van der Waals surface area contributed by atoms with E-state index in [9.17, 15) is 9.59 Å². The molecule has 0 unspecified atom stereocenters. The maximum atomic E-state index is 11.6. The Bertz CT molecular complexity index is 548. The van der Waals surface area contributed by atoms with Gasteiger partial charge in [-0.15, -0.1) is 0 Å². The maximum absolute atomic E-state index is 11.6. The highest BCUT2D eigenvalue weighted by molar-refractivity contribution is 9.10. The molecule has 0 aliphatic heterocycles. The number of hydrogen-bond donors (Lipinski definition) is 1. The second kappa shape index (κ2) is 7.31. The summed E-state index contributed by atoms with van der Waals surface area (Å²) < 4.78 is 9.84. The first-order chi connectivity index (χ1) is 9.38. The molecule has 0 aromatic heterocycles. The first-order valence-corrected chi connectivity index (χ1v) is 6.66. The summed E-state index contributed by atoms with van der Waals surface area (Å²) in [6, 6.07) is 3.39. The molecule has 0 radical (unpaired) electrons. The van der Waals surface area contributed by atoms with Gasteiger partial charge in [0, 0.05) is 10.2 Å². The number of ether oxygens (including phenoxy) is 2. The number of methoxy groups -OCH3 is 2. The molecule has 0 amide bonds. The third-order valence-corrected chi connectivity index (χ3v) is 3.94. The molecule has 7 heteroatoms. The molecule has 0 saturated carbocycles. The van der Waals surface area contributed by atoms with Crippen molar-refractivity contribution in [1.82, 2.24) is 0 Å². The Morgan fingerprint density at radius 1 is 1.30 bits per heavy atom. The van der Waals surface area contributed by atoms with Crippen LogP contribution in [0.25, 0.3) is 0 Å². The first kappa shape index (κ1) is 16.5. The summed E-state index contributed by atoms with van der Waals surface area (Å²) in [5.74, 6) is -1.36. The van der Waals surface area contributed by atoms with Crippen LogP contribution in [0.1, 0.15) is 5.56 Å². The van der Waals surface area contributed by atoms with Crippen molar-refractivity contribution in [3.63, 3.8) is 0 Å². The number of anilines is 1. The van der Waals surface area contributed by atoms with E-state index < -0.39 is 11.9 Å². The molecule has 0 bridgehead atoms. The van der Waals surface area contributed by atoms with Crippen LogP contribution in [0.4, 0.5) is 5.69 Å². The summed E-state index contributed by atoms with van der Waals surface area (Å²) in [5, 5.41) is 3.27. The SMILES string of the molecule is COC(=O)/C=C(/Nc1cc(C)c(Br)c(Cl)c1)C(=O)OC. The van der Waals surface area contributed by atoms with E-state index in [0.29, 0.717) is 10.7 Å². The molecule has 0 aliphatic rings. The Morgan fingerprint density at radius 2 is 1.95 bits per heavy atom. The first-order valence-electron chi connectivity index (χ1n) is 5.49. The van der Waals surface area contributed by atoms with E-state index in [0.717, 1.165) is 16.1 Å². The second-order valence-electron chi connectivity index (χ2n) is 3.79. The number of halogens is 2. The molecule has 1 rings (SSSR count). The molecular formula is C13H13BrClNO4. The van der Waals surface area contributed by atoms with Gasteiger partial charge < -0.3 is 14.8 Å². The smallest absolute Gasteiger partial charge is 0.354 e. The fourth-order valence-corrected chi connectivity index (χ4v) is 1.88. The minimum atomic E-state index is -0.688. The molecule has 108 valence electrons. The Kier molecular flexibility index (Phi) is 6.04. The highest BCUT2D eigenvalue weighted by atomic mass is 79.9. The van der Waals surface area contributed by atoms with Crippen LogP contribution >= 0.6 is 27.5 Å². The zero-order chi connectivity index (χ0) is 15.3. The molecule has 0 heterocycles. The number of esters is 2. The standard InChI is InChI=1S/C13H13BrClNO4/c1-7-4-8(5-9(15)12(7)14)16-10(13(18)20-3)6-11(17)19-2/h4-6,16H,1-3H3/b10-6+. The predicted molar refractivity (Wildman–Crippen MR) is 79.6 cm³/mol. The van der Waals surface area contributed by atoms with Gasteiger partial charge in [-0.1, -0.05) is 11.6 Å². The van der Waals surface area contributed by atoms with Gasteiger partial charge in [-0.25, -0.2) is 9.59 Å². The van der Waals surface area contributed by atoms with Gasteiger partial charge >= 0.3 is 11.9 Å². The van der Waals surface area contributed by atoms with Crippen LogP contribution < -0.4 is 5.32 Å². The number of carbonyl (C=O) groups is 2. The van der Waals surface area contributed by atoms with Crippen LogP contribution in [0.3, 0.4) is 0 Å². The number of hydrogen-bond acceptors (Lipinski definition) is 5. The molecule has 5 nitrogen and oxygen atoms in total. The maximum Gasteiger partial charge on any atom is 0.354 e. The lowest BCUT2D eigenvalue weighted by molar-refractivity contribution is -0.138. The van der Waals surface area contributed by atoms with Crippen LogP contribution in [0, 0.1) is 6.92 Å². The van der Waals surface area contributed by atoms with Gasteiger partial charge in [-0.3, -0.25) is 0 Å². The van der Waals surface area contributed by atoms with Crippen molar-refractivity contribution in [2.45, 2.75) is 6.92 Å².